The lowest BCUT2D eigenvalue weighted by Gasteiger charge is -2.32. The van der Waals surface area contributed by atoms with Crippen LogP contribution in [0.2, 0.25) is 0 Å². The molecule has 2 aromatic rings. The van der Waals surface area contributed by atoms with E-state index in [1.165, 1.54) is 24.2 Å². The first-order chi connectivity index (χ1) is 11.2. The fraction of sp³-hybridized carbons (Fsp3) is 0.438. The second-order valence-electron chi connectivity index (χ2n) is 5.54. The highest BCUT2D eigenvalue weighted by molar-refractivity contribution is 7.99. The van der Waals surface area contributed by atoms with Crippen molar-refractivity contribution in [2.45, 2.75) is 30.2 Å². The first-order valence-corrected chi connectivity index (χ1v) is 8.72. The summed E-state index contributed by atoms with van der Waals surface area (Å²) >= 11 is 1.39. The van der Waals surface area contributed by atoms with Gasteiger partial charge in [0.25, 0.3) is 0 Å². The Kier molecular flexibility index (Phi) is 5.27. The van der Waals surface area contributed by atoms with E-state index in [-0.39, 0.29) is 17.8 Å². The maximum absolute atomic E-state index is 13.5. The minimum atomic E-state index is -0.228. The molecule has 3 rings (SSSR count). The van der Waals surface area contributed by atoms with Gasteiger partial charge in [-0.05, 0) is 25.0 Å². The second kappa shape index (κ2) is 7.59. The van der Waals surface area contributed by atoms with Crippen molar-refractivity contribution in [1.82, 2.24) is 19.7 Å². The fourth-order valence-electron chi connectivity index (χ4n) is 2.77. The van der Waals surface area contributed by atoms with E-state index in [0.29, 0.717) is 23.6 Å². The zero-order valence-electron chi connectivity index (χ0n) is 12.8. The average molecular weight is 334 g/mol. The summed E-state index contributed by atoms with van der Waals surface area (Å²) < 4.78 is 15.4. The number of hydrogen-bond acceptors (Lipinski definition) is 4. The first-order valence-electron chi connectivity index (χ1n) is 7.73. The van der Waals surface area contributed by atoms with Crippen LogP contribution in [-0.2, 0) is 4.79 Å². The summed E-state index contributed by atoms with van der Waals surface area (Å²) in [5.74, 6) is 0.484. The lowest BCUT2D eigenvalue weighted by molar-refractivity contribution is -0.132. The third kappa shape index (κ3) is 4.10. The minimum Gasteiger partial charge on any atom is -0.341 e. The summed E-state index contributed by atoms with van der Waals surface area (Å²) in [4.78, 5) is 18.8. The second-order valence-corrected chi connectivity index (χ2v) is 6.68. The highest BCUT2D eigenvalue weighted by Gasteiger charge is 2.24. The van der Waals surface area contributed by atoms with Crippen molar-refractivity contribution >= 4 is 17.7 Å². The topological polar surface area (TPSA) is 51.0 Å². The molecule has 2 heterocycles. The molecule has 23 heavy (non-hydrogen) atoms. The molecule has 1 aromatic heterocycles. The molecule has 5 nitrogen and oxygen atoms in total. The molecule has 0 radical (unpaired) electrons. The SMILES string of the molecule is O=C(CCSc1ccccc1F)N1CCCC(n2cncn2)C1. The number of piperidine rings is 1. The number of aromatic nitrogens is 3. The summed E-state index contributed by atoms with van der Waals surface area (Å²) in [6, 6.07) is 6.86. The van der Waals surface area contributed by atoms with Crippen LogP contribution in [0.3, 0.4) is 0 Å². The van der Waals surface area contributed by atoms with Crippen LogP contribution in [0.15, 0.2) is 41.8 Å². The lowest BCUT2D eigenvalue weighted by Crippen LogP contribution is -2.41. The molecule has 7 heteroatoms. The van der Waals surface area contributed by atoms with E-state index in [1.807, 2.05) is 9.58 Å². The molecule has 0 bridgehead atoms. The predicted octanol–water partition coefficient (Wildman–Crippen LogP) is 2.76. The molecule has 1 aliphatic heterocycles. The van der Waals surface area contributed by atoms with Crippen molar-refractivity contribution in [3.63, 3.8) is 0 Å². The van der Waals surface area contributed by atoms with Gasteiger partial charge in [0.1, 0.15) is 18.5 Å². The molecule has 0 saturated carbocycles. The van der Waals surface area contributed by atoms with E-state index in [0.717, 1.165) is 19.4 Å². The standard InChI is InChI=1S/C16H19FN4OS/c17-14-5-1-2-6-15(14)23-9-7-16(22)20-8-3-4-13(10-20)21-12-18-11-19-21/h1-2,5-6,11-13H,3-4,7-10H2. The highest BCUT2D eigenvalue weighted by atomic mass is 32.2. The third-order valence-corrected chi connectivity index (χ3v) is 5.02. The highest BCUT2D eigenvalue weighted by Crippen LogP contribution is 2.24. The average Bonchev–Trinajstić information content (AvgIpc) is 3.11. The van der Waals surface area contributed by atoms with Crippen LogP contribution in [0.25, 0.3) is 0 Å². The van der Waals surface area contributed by atoms with Crippen molar-refractivity contribution in [2.24, 2.45) is 0 Å². The Hall–Kier alpha value is -1.89. The van der Waals surface area contributed by atoms with E-state index in [2.05, 4.69) is 10.1 Å². The molecule has 0 aliphatic carbocycles. The van der Waals surface area contributed by atoms with Crippen LogP contribution in [-0.4, -0.2) is 44.4 Å². The molecule has 1 saturated heterocycles. The number of halogens is 1. The number of carbonyl (C=O) groups excluding carboxylic acids is 1. The van der Waals surface area contributed by atoms with Crippen molar-refractivity contribution in [2.75, 3.05) is 18.8 Å². The van der Waals surface area contributed by atoms with Crippen LogP contribution in [0.1, 0.15) is 25.3 Å². The molecule has 122 valence electrons. The number of hydrogen-bond donors (Lipinski definition) is 0. The van der Waals surface area contributed by atoms with Gasteiger partial charge in [-0.15, -0.1) is 11.8 Å². The van der Waals surface area contributed by atoms with Crippen LogP contribution >= 0.6 is 11.8 Å². The zero-order chi connectivity index (χ0) is 16.1. The number of amides is 1. The van der Waals surface area contributed by atoms with Crippen molar-refractivity contribution in [3.8, 4) is 0 Å². The maximum Gasteiger partial charge on any atom is 0.223 e. The molecule has 0 N–H and O–H groups in total. The van der Waals surface area contributed by atoms with Gasteiger partial charge in [0.15, 0.2) is 0 Å². The van der Waals surface area contributed by atoms with E-state index >= 15 is 0 Å². The Bertz CT molecular complexity index is 649. The van der Waals surface area contributed by atoms with Crippen molar-refractivity contribution in [3.05, 3.63) is 42.7 Å². The Morgan fingerprint density at radius 2 is 2.26 bits per heavy atom. The van der Waals surface area contributed by atoms with Crippen molar-refractivity contribution in [1.29, 1.82) is 0 Å². The molecule has 1 aliphatic rings. The Balaban J connectivity index is 1.49. The van der Waals surface area contributed by atoms with Crippen LogP contribution in [0.5, 0.6) is 0 Å². The van der Waals surface area contributed by atoms with Gasteiger partial charge in [-0.3, -0.25) is 4.79 Å². The normalized spacial score (nSPS) is 18.1. The van der Waals surface area contributed by atoms with Gasteiger partial charge in [0, 0.05) is 30.2 Å². The number of rotatable bonds is 5. The zero-order valence-corrected chi connectivity index (χ0v) is 13.6. The number of benzene rings is 1. The molecular formula is C16H19FN4OS. The number of nitrogens with zero attached hydrogens (tertiary/aromatic N) is 4. The van der Waals surface area contributed by atoms with E-state index < -0.39 is 0 Å². The van der Waals surface area contributed by atoms with Gasteiger partial charge < -0.3 is 4.90 Å². The van der Waals surface area contributed by atoms with Crippen molar-refractivity contribution < 1.29 is 9.18 Å². The Morgan fingerprint density at radius 3 is 3.04 bits per heavy atom. The Morgan fingerprint density at radius 1 is 1.39 bits per heavy atom. The number of thioether (sulfide) groups is 1. The largest absolute Gasteiger partial charge is 0.341 e. The van der Waals surface area contributed by atoms with Gasteiger partial charge in [-0.25, -0.2) is 14.1 Å². The van der Waals surface area contributed by atoms with Gasteiger partial charge in [-0.2, -0.15) is 5.10 Å². The molecule has 1 fully saturated rings. The molecule has 1 unspecified atom stereocenters. The van der Waals surface area contributed by atoms with Crippen LogP contribution < -0.4 is 0 Å². The monoisotopic (exact) mass is 334 g/mol. The summed E-state index contributed by atoms with van der Waals surface area (Å²) in [7, 11) is 0. The molecule has 1 amide bonds. The smallest absolute Gasteiger partial charge is 0.223 e. The van der Waals surface area contributed by atoms with E-state index in [4.69, 9.17) is 0 Å². The predicted molar refractivity (Wildman–Crippen MR) is 86.6 cm³/mol. The lowest BCUT2D eigenvalue weighted by atomic mass is 10.1. The molecule has 1 atom stereocenters. The summed E-state index contributed by atoms with van der Waals surface area (Å²) in [5.41, 5.74) is 0. The van der Waals surface area contributed by atoms with Gasteiger partial charge in [0.2, 0.25) is 5.91 Å². The van der Waals surface area contributed by atoms with E-state index in [1.54, 1.807) is 24.5 Å². The number of carbonyl (C=O) groups is 1. The van der Waals surface area contributed by atoms with Gasteiger partial charge in [0.05, 0.1) is 6.04 Å². The third-order valence-electron chi connectivity index (χ3n) is 3.97. The molecule has 0 spiro atoms. The van der Waals surface area contributed by atoms with Gasteiger partial charge >= 0.3 is 0 Å². The maximum atomic E-state index is 13.5. The van der Waals surface area contributed by atoms with Crippen LogP contribution in [0.4, 0.5) is 4.39 Å². The quantitative estimate of drug-likeness (QED) is 0.789. The molecular weight excluding hydrogens is 315 g/mol. The molecule has 1 aromatic carbocycles. The van der Waals surface area contributed by atoms with Crippen LogP contribution in [0, 0.1) is 5.82 Å². The fourth-order valence-corrected chi connectivity index (χ4v) is 3.65. The van der Waals surface area contributed by atoms with E-state index in [9.17, 15) is 9.18 Å². The first kappa shape index (κ1) is 16.0. The van der Waals surface area contributed by atoms with Gasteiger partial charge in [-0.1, -0.05) is 12.1 Å². The minimum absolute atomic E-state index is 0.124. The summed E-state index contributed by atoms with van der Waals surface area (Å²) in [6.07, 6.45) is 5.62. The summed E-state index contributed by atoms with van der Waals surface area (Å²) in [5, 5.41) is 4.17. The summed E-state index contributed by atoms with van der Waals surface area (Å²) in [6.45, 7) is 1.46. The number of likely N-dealkylation sites (tertiary alicyclic amines) is 1. The Labute approximate surface area is 138 Å².